The van der Waals surface area contributed by atoms with Crippen LogP contribution in [0, 0.1) is 0 Å². The molecule has 0 aromatic rings. The molecular weight excluding hydrogens is 172 g/mol. The molecule has 4 heteroatoms. The third-order valence-corrected chi connectivity index (χ3v) is 3.94. The monoisotopic (exact) mass is 184 g/mol. The van der Waals surface area contributed by atoms with Crippen molar-refractivity contribution in [1.82, 2.24) is 0 Å². The molecule has 56 valence electrons. The molecular formula is C5H12OS3. The van der Waals surface area contributed by atoms with E-state index in [1.165, 1.54) is 9.83 Å². The van der Waals surface area contributed by atoms with Crippen molar-refractivity contribution in [2.45, 2.75) is 31.6 Å². The van der Waals surface area contributed by atoms with Gasteiger partial charge in [0.1, 0.15) is 0 Å². The molecule has 0 fully saturated rings. The second-order valence-corrected chi connectivity index (χ2v) is 5.17. The Bertz CT molecular complexity index is 67.2. The summed E-state index contributed by atoms with van der Waals surface area (Å²) in [5, 5.41) is 9.40. The van der Waals surface area contributed by atoms with Crippen LogP contribution in [0.25, 0.3) is 0 Å². The molecule has 0 amide bonds. The van der Waals surface area contributed by atoms with E-state index in [1.807, 2.05) is 6.92 Å². The van der Waals surface area contributed by atoms with Crippen LogP contribution in [0.5, 0.6) is 0 Å². The molecule has 1 N–H and O–H groups in total. The molecule has 0 saturated heterocycles. The first kappa shape index (κ1) is 10.0. The lowest BCUT2D eigenvalue weighted by Gasteiger charge is -2.14. The molecule has 0 aromatic carbocycles. The Morgan fingerprint density at radius 1 is 1.67 bits per heavy atom. The molecule has 0 radical (unpaired) electrons. The Morgan fingerprint density at radius 2 is 2.22 bits per heavy atom. The Morgan fingerprint density at radius 3 is 2.33 bits per heavy atom. The number of aliphatic hydroxyl groups is 1. The number of hydrogen-bond acceptors (Lipinski definition) is 4. The number of hydrogen-bond donors (Lipinski definition) is 2. The van der Waals surface area contributed by atoms with Crippen molar-refractivity contribution in [3.05, 3.63) is 0 Å². The average Bonchev–Trinajstić information content (AvgIpc) is 1.82. The van der Waals surface area contributed by atoms with Crippen LogP contribution in [-0.4, -0.2) is 16.5 Å². The van der Waals surface area contributed by atoms with Gasteiger partial charge in [-0.1, -0.05) is 29.4 Å². The zero-order valence-electron chi connectivity index (χ0n) is 5.57. The highest BCUT2D eigenvalue weighted by Crippen LogP contribution is 2.32. The van der Waals surface area contributed by atoms with Gasteiger partial charge in [0.2, 0.25) is 0 Å². The van der Waals surface area contributed by atoms with Gasteiger partial charge >= 0.3 is 0 Å². The average molecular weight is 184 g/mol. The third-order valence-electron chi connectivity index (χ3n) is 1.11. The van der Waals surface area contributed by atoms with Gasteiger partial charge in [0, 0.05) is 5.25 Å². The van der Waals surface area contributed by atoms with E-state index < -0.39 is 0 Å². The van der Waals surface area contributed by atoms with Gasteiger partial charge in [0.15, 0.2) is 0 Å². The summed E-state index contributed by atoms with van der Waals surface area (Å²) in [7, 11) is 3.03. The number of thiol groups is 1. The first-order valence-electron chi connectivity index (χ1n) is 2.87. The predicted molar refractivity (Wildman–Crippen MR) is 49.9 cm³/mol. The van der Waals surface area contributed by atoms with Gasteiger partial charge in [-0.2, -0.15) is 0 Å². The van der Waals surface area contributed by atoms with Crippen molar-refractivity contribution in [2.75, 3.05) is 0 Å². The largest absolute Gasteiger partial charge is 0.392 e. The molecule has 0 spiro atoms. The maximum atomic E-state index is 9.08. The quantitative estimate of drug-likeness (QED) is 0.517. The fourth-order valence-corrected chi connectivity index (χ4v) is 3.17. The van der Waals surface area contributed by atoms with Gasteiger partial charge in [0.05, 0.1) is 6.10 Å². The molecule has 0 aliphatic heterocycles. The van der Waals surface area contributed by atoms with Crippen molar-refractivity contribution in [1.29, 1.82) is 0 Å². The first-order valence-corrected chi connectivity index (χ1v) is 6.13. The van der Waals surface area contributed by atoms with E-state index in [4.69, 9.17) is 5.11 Å². The van der Waals surface area contributed by atoms with E-state index in [0.29, 0.717) is 5.25 Å². The maximum absolute atomic E-state index is 9.08. The van der Waals surface area contributed by atoms with Gasteiger partial charge in [-0.3, -0.25) is 0 Å². The molecule has 0 aromatic heterocycles. The second kappa shape index (κ2) is 5.77. The minimum atomic E-state index is -0.223. The Balaban J connectivity index is 3.41. The Hall–Kier alpha value is 1.01. The van der Waals surface area contributed by atoms with E-state index in [0.717, 1.165) is 6.42 Å². The lowest BCUT2D eigenvalue weighted by Crippen LogP contribution is -2.16. The fourth-order valence-electron chi connectivity index (χ4n) is 0.545. The van der Waals surface area contributed by atoms with Crippen molar-refractivity contribution >= 4 is 32.3 Å². The van der Waals surface area contributed by atoms with Crippen LogP contribution in [0.2, 0.25) is 0 Å². The molecule has 2 atom stereocenters. The highest BCUT2D eigenvalue weighted by Gasteiger charge is 2.11. The Kier molecular flexibility index (Phi) is 6.42. The summed E-state index contributed by atoms with van der Waals surface area (Å²) in [5.74, 6) is 0. The van der Waals surface area contributed by atoms with E-state index in [1.54, 1.807) is 10.8 Å². The van der Waals surface area contributed by atoms with Crippen LogP contribution >= 0.6 is 32.3 Å². The lowest BCUT2D eigenvalue weighted by molar-refractivity contribution is 0.190. The zero-order valence-corrected chi connectivity index (χ0v) is 8.10. The SMILES string of the molecule is CCC(SSS)C(C)O. The van der Waals surface area contributed by atoms with E-state index in [2.05, 4.69) is 18.6 Å². The minimum Gasteiger partial charge on any atom is -0.392 e. The van der Waals surface area contributed by atoms with E-state index >= 15 is 0 Å². The molecule has 0 aliphatic carbocycles. The molecule has 0 heterocycles. The lowest BCUT2D eigenvalue weighted by atomic mass is 10.2. The smallest absolute Gasteiger partial charge is 0.0639 e. The van der Waals surface area contributed by atoms with Crippen molar-refractivity contribution in [3.8, 4) is 0 Å². The van der Waals surface area contributed by atoms with Gasteiger partial charge < -0.3 is 5.11 Å². The summed E-state index contributed by atoms with van der Waals surface area (Å²) in [6.07, 6.45) is 0.773. The number of aliphatic hydroxyl groups excluding tert-OH is 1. The summed E-state index contributed by atoms with van der Waals surface area (Å²) >= 11 is 3.98. The zero-order chi connectivity index (χ0) is 7.28. The van der Waals surface area contributed by atoms with Crippen LogP contribution in [0.1, 0.15) is 20.3 Å². The van der Waals surface area contributed by atoms with E-state index in [-0.39, 0.29) is 6.10 Å². The van der Waals surface area contributed by atoms with Gasteiger partial charge in [-0.25, -0.2) is 0 Å². The van der Waals surface area contributed by atoms with E-state index in [9.17, 15) is 0 Å². The van der Waals surface area contributed by atoms with Gasteiger partial charge in [-0.05, 0) is 23.2 Å². The van der Waals surface area contributed by atoms with Crippen LogP contribution in [0.3, 0.4) is 0 Å². The highest BCUT2D eigenvalue weighted by atomic mass is 33.5. The van der Waals surface area contributed by atoms with Crippen LogP contribution in [-0.2, 0) is 0 Å². The van der Waals surface area contributed by atoms with Crippen molar-refractivity contribution in [3.63, 3.8) is 0 Å². The van der Waals surface area contributed by atoms with Gasteiger partial charge in [0.25, 0.3) is 0 Å². The standard InChI is InChI=1S/C5H12OS3/c1-3-5(4(2)6)8-9-7/h4-7H,3H2,1-2H3. The van der Waals surface area contributed by atoms with Crippen molar-refractivity contribution in [2.24, 2.45) is 0 Å². The summed E-state index contributed by atoms with van der Waals surface area (Å²) in [6, 6.07) is 0. The Labute approximate surface area is 69.2 Å². The molecule has 0 saturated carbocycles. The molecule has 0 bridgehead atoms. The summed E-state index contributed by atoms with van der Waals surface area (Å²) in [6.45, 7) is 3.87. The third kappa shape index (κ3) is 4.42. The normalized spacial score (nSPS) is 17.3. The van der Waals surface area contributed by atoms with Crippen LogP contribution in [0.4, 0.5) is 0 Å². The van der Waals surface area contributed by atoms with Gasteiger partial charge in [-0.15, -0.1) is 0 Å². The van der Waals surface area contributed by atoms with Crippen molar-refractivity contribution < 1.29 is 5.11 Å². The molecule has 0 rings (SSSR count). The maximum Gasteiger partial charge on any atom is 0.0639 e. The van der Waals surface area contributed by atoms with Crippen LogP contribution < -0.4 is 0 Å². The minimum absolute atomic E-state index is 0.223. The van der Waals surface area contributed by atoms with Crippen LogP contribution in [0.15, 0.2) is 0 Å². The predicted octanol–water partition coefficient (Wildman–Crippen LogP) is 2.37. The molecule has 1 nitrogen and oxygen atoms in total. The number of rotatable bonds is 4. The second-order valence-electron chi connectivity index (χ2n) is 1.86. The summed E-state index contributed by atoms with van der Waals surface area (Å²) < 4.78 is 0. The summed E-state index contributed by atoms with van der Waals surface area (Å²) in [4.78, 5) is 0. The topological polar surface area (TPSA) is 20.2 Å². The summed E-state index contributed by atoms with van der Waals surface area (Å²) in [5.41, 5.74) is 0. The molecule has 0 aliphatic rings. The highest BCUT2D eigenvalue weighted by molar-refractivity contribution is 9.05. The fraction of sp³-hybridized carbons (Fsp3) is 1.00. The molecule has 9 heavy (non-hydrogen) atoms. The first-order chi connectivity index (χ1) is 4.22. The molecule has 2 unspecified atom stereocenters.